The molecule has 5 nitrogen and oxygen atoms in total. The lowest BCUT2D eigenvalue weighted by atomic mass is 10.1. The zero-order valence-corrected chi connectivity index (χ0v) is 13.2. The maximum atomic E-state index is 12.0. The molecule has 0 aliphatic carbocycles. The van der Waals surface area contributed by atoms with Crippen molar-refractivity contribution >= 4 is 11.7 Å². The SMILES string of the molecule is CCC1C(=O)NCCN1c1ncccc1CNCC(C)C. The van der Waals surface area contributed by atoms with E-state index in [1.165, 1.54) is 0 Å². The number of nitrogens with zero attached hydrogens (tertiary/aromatic N) is 2. The zero-order chi connectivity index (χ0) is 15.2. The van der Waals surface area contributed by atoms with Crippen LogP contribution in [0.1, 0.15) is 32.8 Å². The number of piperazine rings is 1. The highest BCUT2D eigenvalue weighted by Crippen LogP contribution is 2.22. The van der Waals surface area contributed by atoms with E-state index in [9.17, 15) is 4.79 Å². The van der Waals surface area contributed by atoms with Crippen LogP contribution in [-0.2, 0) is 11.3 Å². The summed E-state index contributed by atoms with van der Waals surface area (Å²) in [5.74, 6) is 1.67. The Hall–Kier alpha value is -1.62. The van der Waals surface area contributed by atoms with E-state index in [0.717, 1.165) is 37.4 Å². The van der Waals surface area contributed by atoms with Gasteiger partial charge >= 0.3 is 0 Å². The van der Waals surface area contributed by atoms with Crippen LogP contribution in [0.4, 0.5) is 5.82 Å². The maximum absolute atomic E-state index is 12.0. The molecule has 0 bridgehead atoms. The molecule has 21 heavy (non-hydrogen) atoms. The zero-order valence-electron chi connectivity index (χ0n) is 13.2. The first kappa shape index (κ1) is 15.8. The van der Waals surface area contributed by atoms with Crippen LogP contribution in [0.3, 0.4) is 0 Å². The van der Waals surface area contributed by atoms with E-state index < -0.39 is 0 Å². The summed E-state index contributed by atoms with van der Waals surface area (Å²) in [5.41, 5.74) is 1.16. The van der Waals surface area contributed by atoms with E-state index in [-0.39, 0.29) is 11.9 Å². The molecule has 1 atom stereocenters. The number of hydrogen-bond acceptors (Lipinski definition) is 4. The molecule has 0 radical (unpaired) electrons. The molecule has 1 fully saturated rings. The van der Waals surface area contributed by atoms with Crippen LogP contribution in [0.2, 0.25) is 0 Å². The van der Waals surface area contributed by atoms with E-state index in [4.69, 9.17) is 0 Å². The molecule has 116 valence electrons. The lowest BCUT2D eigenvalue weighted by molar-refractivity contribution is -0.123. The summed E-state index contributed by atoms with van der Waals surface area (Å²) in [6.07, 6.45) is 2.60. The molecule has 1 aromatic rings. The van der Waals surface area contributed by atoms with E-state index >= 15 is 0 Å². The van der Waals surface area contributed by atoms with Crippen molar-refractivity contribution in [1.29, 1.82) is 0 Å². The Morgan fingerprint density at radius 2 is 2.33 bits per heavy atom. The second-order valence-corrected chi connectivity index (χ2v) is 5.92. The number of hydrogen-bond donors (Lipinski definition) is 2. The lowest BCUT2D eigenvalue weighted by Crippen LogP contribution is -2.55. The number of aromatic nitrogens is 1. The van der Waals surface area contributed by atoms with Gasteiger partial charge in [-0.25, -0.2) is 4.98 Å². The smallest absolute Gasteiger partial charge is 0.242 e. The minimum absolute atomic E-state index is 0.107. The summed E-state index contributed by atoms with van der Waals surface area (Å²) in [4.78, 5) is 18.7. The second-order valence-electron chi connectivity index (χ2n) is 5.92. The fourth-order valence-corrected chi connectivity index (χ4v) is 2.70. The molecule has 2 rings (SSSR count). The van der Waals surface area contributed by atoms with Crippen LogP contribution >= 0.6 is 0 Å². The highest BCUT2D eigenvalue weighted by atomic mass is 16.2. The van der Waals surface area contributed by atoms with Gasteiger partial charge in [0.1, 0.15) is 11.9 Å². The third-order valence-corrected chi connectivity index (χ3v) is 3.73. The summed E-state index contributed by atoms with van der Waals surface area (Å²) < 4.78 is 0. The Morgan fingerprint density at radius 1 is 1.52 bits per heavy atom. The van der Waals surface area contributed by atoms with Gasteiger partial charge in [0, 0.05) is 31.4 Å². The van der Waals surface area contributed by atoms with Crippen molar-refractivity contribution in [3.8, 4) is 0 Å². The first-order valence-electron chi connectivity index (χ1n) is 7.82. The van der Waals surface area contributed by atoms with Gasteiger partial charge in [-0.15, -0.1) is 0 Å². The number of anilines is 1. The van der Waals surface area contributed by atoms with Gasteiger partial charge in [-0.3, -0.25) is 4.79 Å². The van der Waals surface area contributed by atoms with Crippen molar-refractivity contribution in [2.45, 2.75) is 39.8 Å². The van der Waals surface area contributed by atoms with Gasteiger partial charge in [-0.05, 0) is 24.9 Å². The summed E-state index contributed by atoms with van der Waals surface area (Å²) in [7, 11) is 0. The van der Waals surface area contributed by atoms with Gasteiger partial charge in [0.15, 0.2) is 0 Å². The number of nitrogens with one attached hydrogen (secondary N) is 2. The highest BCUT2D eigenvalue weighted by Gasteiger charge is 2.30. The van der Waals surface area contributed by atoms with Crippen LogP contribution in [-0.4, -0.2) is 36.6 Å². The predicted octanol–water partition coefficient (Wildman–Crippen LogP) is 1.54. The third kappa shape index (κ3) is 3.94. The first-order valence-corrected chi connectivity index (χ1v) is 7.82. The van der Waals surface area contributed by atoms with E-state index in [2.05, 4.69) is 40.4 Å². The van der Waals surface area contributed by atoms with Crippen molar-refractivity contribution in [3.05, 3.63) is 23.9 Å². The normalized spacial score (nSPS) is 19.0. The molecule has 0 saturated carbocycles. The van der Waals surface area contributed by atoms with E-state index in [1.54, 1.807) is 6.20 Å². The summed E-state index contributed by atoms with van der Waals surface area (Å²) in [6, 6.07) is 3.94. The molecule has 1 aliphatic rings. The van der Waals surface area contributed by atoms with Gasteiger partial charge in [0.2, 0.25) is 5.91 Å². The Labute approximate surface area is 127 Å². The molecule has 5 heteroatoms. The van der Waals surface area contributed by atoms with Crippen molar-refractivity contribution in [2.24, 2.45) is 5.92 Å². The molecule has 0 spiro atoms. The minimum atomic E-state index is -0.113. The minimum Gasteiger partial charge on any atom is -0.353 e. The number of amides is 1. The molecule has 2 N–H and O–H groups in total. The van der Waals surface area contributed by atoms with Gasteiger partial charge < -0.3 is 15.5 Å². The molecule has 1 saturated heterocycles. The second kappa shape index (κ2) is 7.41. The topological polar surface area (TPSA) is 57.3 Å². The van der Waals surface area contributed by atoms with Crippen molar-refractivity contribution in [3.63, 3.8) is 0 Å². The molecule has 1 aromatic heterocycles. The van der Waals surface area contributed by atoms with Crippen LogP contribution in [0.5, 0.6) is 0 Å². The third-order valence-electron chi connectivity index (χ3n) is 3.73. The van der Waals surface area contributed by atoms with Crippen LogP contribution in [0, 0.1) is 5.92 Å². The van der Waals surface area contributed by atoms with E-state index in [0.29, 0.717) is 12.5 Å². The standard InChI is InChI=1S/C16H26N4O/c1-4-14-16(21)19-8-9-20(14)15-13(6-5-7-18-15)11-17-10-12(2)3/h5-7,12,14,17H,4,8-11H2,1-3H3,(H,19,21). The molecule has 1 amide bonds. The van der Waals surface area contributed by atoms with Gasteiger partial charge in [-0.2, -0.15) is 0 Å². The Balaban J connectivity index is 2.16. The maximum Gasteiger partial charge on any atom is 0.242 e. The van der Waals surface area contributed by atoms with Gasteiger partial charge in [0.05, 0.1) is 0 Å². The Bertz CT molecular complexity index is 475. The van der Waals surface area contributed by atoms with Crippen LogP contribution < -0.4 is 15.5 Å². The van der Waals surface area contributed by atoms with Gasteiger partial charge in [-0.1, -0.05) is 26.8 Å². The van der Waals surface area contributed by atoms with Crippen molar-refractivity contribution < 1.29 is 4.79 Å². The average molecular weight is 290 g/mol. The molecule has 1 unspecified atom stereocenters. The van der Waals surface area contributed by atoms with Crippen LogP contribution in [0.15, 0.2) is 18.3 Å². The Morgan fingerprint density at radius 3 is 3.05 bits per heavy atom. The van der Waals surface area contributed by atoms with Crippen molar-refractivity contribution in [1.82, 2.24) is 15.6 Å². The monoisotopic (exact) mass is 290 g/mol. The molecular weight excluding hydrogens is 264 g/mol. The largest absolute Gasteiger partial charge is 0.353 e. The Kier molecular flexibility index (Phi) is 5.56. The average Bonchev–Trinajstić information content (AvgIpc) is 2.47. The lowest BCUT2D eigenvalue weighted by Gasteiger charge is -2.36. The first-order chi connectivity index (χ1) is 10.1. The number of rotatable bonds is 6. The van der Waals surface area contributed by atoms with E-state index in [1.807, 2.05) is 13.0 Å². The van der Waals surface area contributed by atoms with Gasteiger partial charge in [0.25, 0.3) is 0 Å². The number of pyridine rings is 1. The number of carbonyl (C=O) groups is 1. The fourth-order valence-electron chi connectivity index (χ4n) is 2.70. The molecular formula is C16H26N4O. The number of carbonyl (C=O) groups excluding carboxylic acids is 1. The molecule has 2 heterocycles. The quantitative estimate of drug-likeness (QED) is 0.834. The molecule has 0 aromatic carbocycles. The highest BCUT2D eigenvalue weighted by molar-refractivity contribution is 5.86. The van der Waals surface area contributed by atoms with Crippen molar-refractivity contribution in [2.75, 3.05) is 24.5 Å². The predicted molar refractivity (Wildman–Crippen MR) is 85.2 cm³/mol. The van der Waals surface area contributed by atoms with Crippen LogP contribution in [0.25, 0.3) is 0 Å². The summed E-state index contributed by atoms with van der Waals surface area (Å²) in [6.45, 7) is 9.70. The summed E-state index contributed by atoms with van der Waals surface area (Å²) in [5, 5.41) is 6.39. The molecule has 1 aliphatic heterocycles. The summed E-state index contributed by atoms with van der Waals surface area (Å²) >= 11 is 0. The fraction of sp³-hybridized carbons (Fsp3) is 0.625.